The summed E-state index contributed by atoms with van der Waals surface area (Å²) in [5, 5.41) is 24.2. The summed E-state index contributed by atoms with van der Waals surface area (Å²) in [6.45, 7) is 0.807. The first-order valence-electron chi connectivity index (χ1n) is 21.4. The van der Waals surface area contributed by atoms with E-state index >= 15 is 0 Å². The maximum Gasteiger partial charge on any atom is 0.490 e. The summed E-state index contributed by atoms with van der Waals surface area (Å²) in [6.07, 6.45) is 1.88. The molecule has 67 heavy (non-hydrogen) atoms. The fourth-order valence-corrected chi connectivity index (χ4v) is 9.18. The van der Waals surface area contributed by atoms with Crippen LogP contribution in [0.25, 0.3) is 0 Å². The lowest BCUT2D eigenvalue weighted by atomic mass is 10.0. The molecule has 6 atom stereocenters. The number of urea groups is 1. The monoisotopic (exact) mass is 995 g/mol. The fraction of sp³-hybridized carbons (Fsp3) is 0.684. The third-order valence-electron chi connectivity index (χ3n) is 10.1. The number of nitrogens with one attached hydrogen (secondary N) is 6. The Balaban J connectivity index is 0.00000157. The Morgan fingerprint density at radius 2 is 1.69 bits per heavy atom. The van der Waals surface area contributed by atoms with Crippen LogP contribution in [0.5, 0.6) is 0 Å². The number of primary amides is 1. The number of aliphatic carboxylic acids is 1. The number of alkyl halides is 3. The molecule has 0 bridgehead atoms. The summed E-state index contributed by atoms with van der Waals surface area (Å²) in [7, 11) is 0. The van der Waals surface area contributed by atoms with E-state index in [0.717, 1.165) is 36.8 Å². The van der Waals surface area contributed by atoms with Gasteiger partial charge in [0, 0.05) is 49.1 Å². The Bertz CT molecular complexity index is 1890. The summed E-state index contributed by atoms with van der Waals surface area (Å²) in [5.74, 6) is -4.88. The highest BCUT2D eigenvalue weighted by Crippen LogP contribution is 2.33. The standard InChI is InChI=1S/C36H59N13O9S2.C2HF3O2/c37-26-15-24-31(34(55)47-26)43-19-49(24)20-57-13-14-58-29(52)18-59-16-23(32(38)53)45-33(54)21(7-6-12-42-35(39)40)44-28(51)10-2-1-5-11-41-27(50)9-4-3-8-25-30-22(17-60-25)46-36(56)48-30;3-2(4,5)1(6)7/h19,21-23,25-26,30H,1-18,20,37H2,(H2,38,53)(H,41,50)(H,44,51)(H,45,54)(H,47,55)(H4,39,40,42)(H2,46,48,56);(H,6,7)/t21?,22-,23-,25-,26?,30-;/m0./s1. The molecule has 24 nitrogen and oxygen atoms in total. The number of hydrogen-bond donors (Lipinski definition) is 11. The van der Waals surface area contributed by atoms with Gasteiger partial charge >= 0.3 is 24.1 Å². The predicted octanol–water partition coefficient (Wildman–Crippen LogP) is -1.75. The summed E-state index contributed by atoms with van der Waals surface area (Å²) in [5.41, 5.74) is 23.2. The molecule has 15 N–H and O–H groups in total. The Kier molecular flexibility index (Phi) is 23.8. The molecule has 3 aliphatic rings. The number of imidazole rings is 1. The first-order valence-corrected chi connectivity index (χ1v) is 23.6. The van der Waals surface area contributed by atoms with Crippen LogP contribution in [0.15, 0.2) is 11.3 Å². The molecule has 3 aliphatic heterocycles. The van der Waals surface area contributed by atoms with Crippen molar-refractivity contribution in [2.24, 2.45) is 27.9 Å². The molecule has 2 unspecified atom stereocenters. The molecule has 4 rings (SSSR count). The van der Waals surface area contributed by atoms with Crippen LogP contribution in [0.3, 0.4) is 0 Å². The van der Waals surface area contributed by atoms with Crippen molar-refractivity contribution >= 4 is 77.0 Å². The number of carbonyl (C=O) groups is 8. The molecular formula is C38H60F3N13O11S2. The second kappa shape index (κ2) is 28.6. The van der Waals surface area contributed by atoms with Crippen LogP contribution in [0.2, 0.25) is 0 Å². The van der Waals surface area contributed by atoms with Gasteiger partial charge in [0.05, 0.1) is 42.6 Å². The maximum absolute atomic E-state index is 13.3. The molecule has 0 spiro atoms. The van der Waals surface area contributed by atoms with Crippen LogP contribution >= 0.6 is 23.5 Å². The zero-order valence-electron chi connectivity index (χ0n) is 36.6. The lowest BCUT2D eigenvalue weighted by Gasteiger charge is -2.22. The number of carboxylic acid groups (broad SMARTS) is 1. The van der Waals surface area contributed by atoms with Gasteiger partial charge in [-0.15, -0.1) is 11.8 Å². The lowest BCUT2D eigenvalue weighted by molar-refractivity contribution is -0.192. The minimum Gasteiger partial charge on any atom is -0.475 e. The SMILES string of the molecule is NC(=O)[C@H](CSCC(=O)OCCOCn1cnc2c1CC(N)NC2=O)NC(=O)C(CCCN=C(N)N)NC(=O)CCCCCNC(=O)CCCC[C@@H]1SC[C@@H]2NC(=O)N[C@@H]21.O=C(O)C(F)(F)F. The number of rotatable bonds is 28. The highest BCUT2D eigenvalue weighted by Gasteiger charge is 2.42. The molecule has 7 amide bonds. The van der Waals surface area contributed by atoms with Crippen LogP contribution in [-0.2, 0) is 51.4 Å². The number of carbonyl (C=O) groups excluding carboxylic acids is 7. The number of nitrogens with two attached hydrogens (primary N) is 4. The number of halogens is 3. The fourth-order valence-electron chi connectivity index (χ4n) is 6.78. The predicted molar refractivity (Wildman–Crippen MR) is 238 cm³/mol. The molecule has 0 aromatic carbocycles. The minimum absolute atomic E-state index is 0.0180. The van der Waals surface area contributed by atoms with E-state index < -0.39 is 48.2 Å². The molecule has 376 valence electrons. The van der Waals surface area contributed by atoms with Crippen LogP contribution in [0.1, 0.15) is 80.4 Å². The molecule has 1 aromatic rings. The van der Waals surface area contributed by atoms with Gasteiger partial charge in [0.25, 0.3) is 5.91 Å². The Morgan fingerprint density at radius 1 is 0.970 bits per heavy atom. The van der Waals surface area contributed by atoms with E-state index in [2.05, 4.69) is 41.9 Å². The zero-order chi connectivity index (χ0) is 49.5. The van der Waals surface area contributed by atoms with E-state index in [0.29, 0.717) is 56.0 Å². The molecule has 2 saturated heterocycles. The number of unbranched alkanes of at least 4 members (excludes halogenated alkanes) is 3. The van der Waals surface area contributed by atoms with E-state index in [9.17, 15) is 46.7 Å². The number of amides is 7. The first kappa shape index (κ1) is 55.8. The quantitative estimate of drug-likeness (QED) is 0.0146. The third-order valence-corrected chi connectivity index (χ3v) is 12.6. The molecule has 29 heteroatoms. The van der Waals surface area contributed by atoms with Crippen LogP contribution in [0.4, 0.5) is 18.0 Å². The van der Waals surface area contributed by atoms with Gasteiger partial charge < -0.3 is 74.0 Å². The number of nitrogens with zero attached hydrogens (tertiary/aromatic N) is 3. The smallest absolute Gasteiger partial charge is 0.475 e. The molecule has 1 aromatic heterocycles. The third kappa shape index (κ3) is 20.9. The largest absolute Gasteiger partial charge is 0.490 e. The molecule has 0 aliphatic carbocycles. The highest BCUT2D eigenvalue weighted by molar-refractivity contribution is 8.00. The van der Waals surface area contributed by atoms with Gasteiger partial charge in [-0.25, -0.2) is 14.6 Å². The number of hydrogen-bond acceptors (Lipinski definition) is 15. The Labute approximate surface area is 391 Å². The van der Waals surface area contributed by atoms with E-state index in [4.69, 9.17) is 42.3 Å². The van der Waals surface area contributed by atoms with Crippen molar-refractivity contribution in [1.29, 1.82) is 0 Å². The van der Waals surface area contributed by atoms with Crippen molar-refractivity contribution in [2.75, 3.05) is 43.6 Å². The number of fused-ring (bicyclic) bond motifs is 2. The Hall–Kier alpha value is -5.55. The van der Waals surface area contributed by atoms with Gasteiger partial charge in [0.1, 0.15) is 31.1 Å². The van der Waals surface area contributed by atoms with Crippen molar-refractivity contribution < 1.29 is 66.1 Å². The highest BCUT2D eigenvalue weighted by atomic mass is 32.2. The number of aromatic nitrogens is 2. The van der Waals surface area contributed by atoms with Crippen LogP contribution < -0.4 is 54.8 Å². The minimum atomic E-state index is -5.08. The van der Waals surface area contributed by atoms with Gasteiger partial charge in [0.2, 0.25) is 23.6 Å². The summed E-state index contributed by atoms with van der Waals surface area (Å²) in [4.78, 5) is 103. The number of guanidine groups is 1. The average Bonchev–Trinajstić information content (AvgIpc) is 3.95. The van der Waals surface area contributed by atoms with Gasteiger partial charge in [-0.05, 0) is 38.5 Å². The van der Waals surface area contributed by atoms with E-state index in [1.54, 1.807) is 4.57 Å². The maximum atomic E-state index is 13.3. The summed E-state index contributed by atoms with van der Waals surface area (Å²) in [6, 6.07) is -1.90. The van der Waals surface area contributed by atoms with Crippen molar-refractivity contribution in [3.05, 3.63) is 17.7 Å². The van der Waals surface area contributed by atoms with Crippen molar-refractivity contribution in [2.45, 2.75) is 119 Å². The number of ether oxygens (including phenoxy) is 2. The van der Waals surface area contributed by atoms with Gasteiger partial charge in [0.15, 0.2) is 5.96 Å². The van der Waals surface area contributed by atoms with Crippen molar-refractivity contribution in [3.63, 3.8) is 0 Å². The van der Waals surface area contributed by atoms with Crippen molar-refractivity contribution in [1.82, 2.24) is 41.5 Å². The normalized spacial score (nSPS) is 19.1. The molecule has 0 radical (unpaired) electrons. The topological polar surface area (TPSA) is 382 Å². The second-order valence-electron chi connectivity index (χ2n) is 15.4. The lowest BCUT2D eigenvalue weighted by Crippen LogP contribution is -2.53. The van der Waals surface area contributed by atoms with E-state index in [-0.39, 0.29) is 98.3 Å². The number of carboxylic acids is 1. The second-order valence-corrected chi connectivity index (χ2v) is 17.7. The number of esters is 1. The molecular weight excluding hydrogens is 936 g/mol. The van der Waals surface area contributed by atoms with Crippen LogP contribution in [-0.4, -0.2) is 153 Å². The van der Waals surface area contributed by atoms with E-state index in [1.807, 2.05) is 11.8 Å². The van der Waals surface area contributed by atoms with Crippen LogP contribution in [0, 0.1) is 0 Å². The Morgan fingerprint density at radius 3 is 2.39 bits per heavy atom. The molecule has 2 fully saturated rings. The van der Waals surface area contributed by atoms with E-state index in [1.165, 1.54) is 6.33 Å². The summed E-state index contributed by atoms with van der Waals surface area (Å²) < 4.78 is 44.1. The van der Waals surface area contributed by atoms with Gasteiger partial charge in [-0.3, -0.25) is 33.8 Å². The molecule has 4 heterocycles. The van der Waals surface area contributed by atoms with Gasteiger partial charge in [-0.1, -0.05) is 12.8 Å². The average molecular weight is 996 g/mol. The molecule has 0 saturated carbocycles. The van der Waals surface area contributed by atoms with Gasteiger partial charge in [-0.2, -0.15) is 24.9 Å². The van der Waals surface area contributed by atoms with Crippen molar-refractivity contribution in [3.8, 4) is 0 Å². The zero-order valence-corrected chi connectivity index (χ0v) is 38.2. The summed E-state index contributed by atoms with van der Waals surface area (Å²) >= 11 is 2.89. The number of aliphatic imine (C=N–C) groups is 1. The number of thioether (sulfide) groups is 2. The first-order chi connectivity index (χ1) is 31.7.